The van der Waals surface area contributed by atoms with Crippen molar-refractivity contribution in [2.75, 3.05) is 0 Å². The van der Waals surface area contributed by atoms with Gasteiger partial charge in [0.25, 0.3) is 5.56 Å². The van der Waals surface area contributed by atoms with E-state index < -0.39 is 5.97 Å². The van der Waals surface area contributed by atoms with E-state index in [1.54, 1.807) is 6.92 Å². The van der Waals surface area contributed by atoms with Gasteiger partial charge >= 0.3 is 5.97 Å². The van der Waals surface area contributed by atoms with Crippen LogP contribution in [0.1, 0.15) is 43.1 Å². The number of rotatable bonds is 4. The standard InChI is InChI=1S/C13H17N3O3/c1-7(2)10-6-11-14-8(3)9(4-5-12(17)18)13(19)16(11)15-10/h6-7,15H,4-5H2,1-3H3,(H,17,18). The molecule has 6 heteroatoms. The summed E-state index contributed by atoms with van der Waals surface area (Å²) >= 11 is 0. The molecule has 0 radical (unpaired) electrons. The Morgan fingerprint density at radius 1 is 1.53 bits per heavy atom. The molecule has 6 nitrogen and oxygen atoms in total. The number of nitrogens with zero attached hydrogens (tertiary/aromatic N) is 2. The molecule has 2 aromatic heterocycles. The topological polar surface area (TPSA) is 87.5 Å². The number of aromatic amines is 1. The van der Waals surface area contributed by atoms with Crippen molar-refractivity contribution in [1.29, 1.82) is 0 Å². The van der Waals surface area contributed by atoms with Crippen LogP contribution in [-0.2, 0) is 11.2 Å². The third-order valence-electron chi connectivity index (χ3n) is 3.15. The Morgan fingerprint density at radius 2 is 2.21 bits per heavy atom. The van der Waals surface area contributed by atoms with Gasteiger partial charge in [-0.3, -0.25) is 14.7 Å². The summed E-state index contributed by atoms with van der Waals surface area (Å²) in [7, 11) is 0. The minimum Gasteiger partial charge on any atom is -0.481 e. The van der Waals surface area contributed by atoms with Crippen molar-refractivity contribution < 1.29 is 9.90 Å². The first kappa shape index (κ1) is 13.3. The summed E-state index contributed by atoms with van der Waals surface area (Å²) in [5, 5.41) is 11.7. The summed E-state index contributed by atoms with van der Waals surface area (Å²) in [5.41, 5.74) is 2.35. The first-order valence-electron chi connectivity index (χ1n) is 6.23. The number of fused-ring (bicyclic) bond motifs is 1. The van der Waals surface area contributed by atoms with Crippen LogP contribution in [0.3, 0.4) is 0 Å². The molecule has 0 amide bonds. The van der Waals surface area contributed by atoms with Crippen LogP contribution in [0.2, 0.25) is 0 Å². The number of nitrogens with one attached hydrogen (secondary N) is 1. The maximum atomic E-state index is 12.3. The van der Waals surface area contributed by atoms with E-state index in [1.165, 1.54) is 4.52 Å². The van der Waals surface area contributed by atoms with Gasteiger partial charge in [0.2, 0.25) is 0 Å². The van der Waals surface area contributed by atoms with Crippen LogP contribution in [0.25, 0.3) is 5.65 Å². The smallest absolute Gasteiger partial charge is 0.303 e. The average Bonchev–Trinajstić information content (AvgIpc) is 2.72. The number of carboxylic acids is 1. The number of hydrogen-bond acceptors (Lipinski definition) is 3. The average molecular weight is 263 g/mol. The quantitative estimate of drug-likeness (QED) is 0.874. The van der Waals surface area contributed by atoms with Crippen LogP contribution in [0, 0.1) is 6.92 Å². The molecule has 0 spiro atoms. The number of aromatic nitrogens is 3. The van der Waals surface area contributed by atoms with Gasteiger partial charge in [-0.15, -0.1) is 0 Å². The van der Waals surface area contributed by atoms with Crippen LogP contribution < -0.4 is 5.56 Å². The van der Waals surface area contributed by atoms with Crippen molar-refractivity contribution in [3.63, 3.8) is 0 Å². The van der Waals surface area contributed by atoms with Crippen LogP contribution >= 0.6 is 0 Å². The van der Waals surface area contributed by atoms with Gasteiger partial charge in [0.1, 0.15) is 0 Å². The second kappa shape index (κ2) is 4.87. The van der Waals surface area contributed by atoms with Crippen LogP contribution in [0.15, 0.2) is 10.9 Å². The molecule has 0 aromatic carbocycles. The first-order valence-corrected chi connectivity index (χ1v) is 6.23. The molecule has 0 fully saturated rings. The number of aliphatic carboxylic acids is 1. The second-order valence-electron chi connectivity index (χ2n) is 4.93. The molecule has 0 saturated carbocycles. The normalized spacial score (nSPS) is 11.4. The van der Waals surface area contributed by atoms with E-state index in [4.69, 9.17) is 5.11 Å². The Kier molecular flexibility index (Phi) is 3.42. The lowest BCUT2D eigenvalue weighted by atomic mass is 10.1. The van der Waals surface area contributed by atoms with E-state index in [1.807, 2.05) is 19.9 Å². The van der Waals surface area contributed by atoms with E-state index in [9.17, 15) is 9.59 Å². The molecule has 0 unspecified atom stereocenters. The Bertz CT molecular complexity index is 682. The highest BCUT2D eigenvalue weighted by Gasteiger charge is 2.14. The van der Waals surface area contributed by atoms with Gasteiger partial charge in [0.05, 0.1) is 0 Å². The highest BCUT2D eigenvalue weighted by Crippen LogP contribution is 2.14. The molecule has 19 heavy (non-hydrogen) atoms. The lowest BCUT2D eigenvalue weighted by Gasteiger charge is -2.03. The number of aryl methyl sites for hydroxylation is 1. The maximum absolute atomic E-state index is 12.3. The van der Waals surface area contributed by atoms with Gasteiger partial charge < -0.3 is 5.11 Å². The van der Waals surface area contributed by atoms with Crippen LogP contribution in [-0.4, -0.2) is 25.7 Å². The Hall–Kier alpha value is -2.11. The van der Waals surface area contributed by atoms with E-state index in [-0.39, 0.29) is 24.3 Å². The summed E-state index contributed by atoms with van der Waals surface area (Å²) in [4.78, 5) is 27.3. The van der Waals surface area contributed by atoms with Gasteiger partial charge in [0, 0.05) is 29.4 Å². The maximum Gasteiger partial charge on any atom is 0.303 e. The summed E-state index contributed by atoms with van der Waals surface area (Å²) < 4.78 is 1.39. The predicted molar refractivity (Wildman–Crippen MR) is 70.6 cm³/mol. The molecule has 2 heterocycles. The fraction of sp³-hybridized carbons (Fsp3) is 0.462. The lowest BCUT2D eigenvalue weighted by molar-refractivity contribution is -0.136. The van der Waals surface area contributed by atoms with Gasteiger partial charge in [-0.2, -0.15) is 0 Å². The highest BCUT2D eigenvalue weighted by molar-refractivity contribution is 5.67. The Morgan fingerprint density at radius 3 is 2.79 bits per heavy atom. The van der Waals surface area contributed by atoms with Crippen molar-refractivity contribution in [2.24, 2.45) is 0 Å². The molecule has 0 aliphatic rings. The van der Waals surface area contributed by atoms with E-state index in [0.29, 0.717) is 16.9 Å². The Labute approximate surface area is 110 Å². The minimum absolute atomic E-state index is 0.0679. The predicted octanol–water partition coefficient (Wildman–Crippen LogP) is 1.47. The Balaban J connectivity index is 2.54. The summed E-state index contributed by atoms with van der Waals surface area (Å²) in [6.07, 6.45) is 0.132. The van der Waals surface area contributed by atoms with Gasteiger partial charge in [-0.25, -0.2) is 9.50 Å². The summed E-state index contributed by atoms with van der Waals surface area (Å²) in [6, 6.07) is 1.85. The fourth-order valence-corrected chi connectivity index (χ4v) is 2.00. The van der Waals surface area contributed by atoms with Crippen molar-refractivity contribution in [3.8, 4) is 0 Å². The zero-order valence-corrected chi connectivity index (χ0v) is 11.2. The lowest BCUT2D eigenvalue weighted by Crippen LogP contribution is -2.22. The molecule has 0 bridgehead atoms. The van der Waals surface area contributed by atoms with Crippen LogP contribution in [0.5, 0.6) is 0 Å². The third kappa shape index (κ3) is 2.52. The van der Waals surface area contributed by atoms with Gasteiger partial charge in [0.15, 0.2) is 5.65 Å². The van der Waals surface area contributed by atoms with Crippen molar-refractivity contribution in [3.05, 3.63) is 33.4 Å². The number of hydrogen-bond donors (Lipinski definition) is 2. The molecule has 0 saturated heterocycles. The monoisotopic (exact) mass is 263 g/mol. The fourth-order valence-electron chi connectivity index (χ4n) is 2.00. The van der Waals surface area contributed by atoms with Crippen LogP contribution in [0.4, 0.5) is 0 Å². The molecule has 2 aromatic rings. The van der Waals surface area contributed by atoms with Crippen molar-refractivity contribution >= 4 is 11.6 Å². The van der Waals surface area contributed by atoms with E-state index >= 15 is 0 Å². The highest BCUT2D eigenvalue weighted by atomic mass is 16.4. The summed E-state index contributed by atoms with van der Waals surface area (Å²) in [6.45, 7) is 5.78. The molecule has 0 aliphatic heterocycles. The molecule has 0 atom stereocenters. The molecule has 2 rings (SSSR count). The molecular formula is C13H17N3O3. The first-order chi connectivity index (χ1) is 8.90. The molecule has 0 aliphatic carbocycles. The van der Waals surface area contributed by atoms with Gasteiger partial charge in [-0.05, 0) is 19.3 Å². The second-order valence-corrected chi connectivity index (χ2v) is 4.93. The molecular weight excluding hydrogens is 246 g/mol. The van der Waals surface area contributed by atoms with Crippen molar-refractivity contribution in [2.45, 2.75) is 39.5 Å². The number of H-pyrrole nitrogens is 1. The summed E-state index contributed by atoms with van der Waals surface area (Å²) in [5.74, 6) is -0.651. The minimum atomic E-state index is -0.918. The van der Waals surface area contributed by atoms with Crippen molar-refractivity contribution in [1.82, 2.24) is 14.6 Å². The van der Waals surface area contributed by atoms with E-state index in [2.05, 4.69) is 10.1 Å². The zero-order chi connectivity index (χ0) is 14.2. The molecule has 102 valence electrons. The number of carbonyl (C=O) groups is 1. The number of carboxylic acid groups (broad SMARTS) is 1. The molecule has 2 N–H and O–H groups in total. The van der Waals surface area contributed by atoms with Gasteiger partial charge in [-0.1, -0.05) is 13.8 Å². The largest absolute Gasteiger partial charge is 0.481 e. The van der Waals surface area contributed by atoms with E-state index in [0.717, 1.165) is 5.69 Å². The SMILES string of the molecule is Cc1nc2cc(C(C)C)[nH]n2c(=O)c1CCC(=O)O. The zero-order valence-electron chi connectivity index (χ0n) is 11.2. The third-order valence-corrected chi connectivity index (χ3v) is 3.15.